The minimum atomic E-state index is -0.316. The fraction of sp³-hybridized carbons (Fsp3) is 1.00. The standard InChI is InChI=1S/C9H18N4O2/c1-3-7-8(12-13-11)9(14-4-2)6(10)5-15-7/h6-9H,3-5,10H2,1-2H3/t6?,7?,8-,9+/m0/s1. The largest absolute Gasteiger partial charge is 0.376 e. The molecule has 0 radical (unpaired) electrons. The van der Waals surface area contributed by atoms with E-state index in [4.69, 9.17) is 20.7 Å². The summed E-state index contributed by atoms with van der Waals surface area (Å²) in [6, 6.07) is -0.535. The first-order valence-electron chi connectivity index (χ1n) is 5.27. The van der Waals surface area contributed by atoms with Crippen LogP contribution in [0.1, 0.15) is 20.3 Å². The lowest BCUT2D eigenvalue weighted by molar-refractivity contribution is -0.0972. The van der Waals surface area contributed by atoms with Crippen LogP contribution in [0.2, 0.25) is 0 Å². The minimum absolute atomic E-state index is 0.0859. The molecule has 0 amide bonds. The number of nitrogens with zero attached hydrogens (tertiary/aromatic N) is 3. The molecule has 4 atom stereocenters. The molecule has 0 spiro atoms. The van der Waals surface area contributed by atoms with Crippen molar-refractivity contribution in [2.75, 3.05) is 13.2 Å². The third-order valence-corrected chi connectivity index (χ3v) is 2.59. The Morgan fingerprint density at radius 2 is 2.33 bits per heavy atom. The van der Waals surface area contributed by atoms with Gasteiger partial charge in [-0.15, -0.1) is 0 Å². The van der Waals surface area contributed by atoms with Crippen LogP contribution < -0.4 is 5.73 Å². The summed E-state index contributed by atoms with van der Waals surface area (Å²) in [7, 11) is 0. The number of ether oxygens (including phenoxy) is 2. The Morgan fingerprint density at radius 1 is 1.60 bits per heavy atom. The van der Waals surface area contributed by atoms with Crippen LogP contribution in [0.3, 0.4) is 0 Å². The maximum atomic E-state index is 8.51. The van der Waals surface area contributed by atoms with Gasteiger partial charge in [-0.2, -0.15) is 0 Å². The van der Waals surface area contributed by atoms with Crippen molar-refractivity contribution < 1.29 is 9.47 Å². The molecule has 0 aromatic heterocycles. The van der Waals surface area contributed by atoms with E-state index in [1.54, 1.807) is 0 Å². The second-order valence-corrected chi connectivity index (χ2v) is 3.56. The van der Waals surface area contributed by atoms with Gasteiger partial charge in [0.25, 0.3) is 0 Å². The average Bonchev–Trinajstić information content (AvgIpc) is 2.24. The minimum Gasteiger partial charge on any atom is -0.376 e. The molecule has 86 valence electrons. The van der Waals surface area contributed by atoms with Crippen LogP contribution in [0.5, 0.6) is 0 Å². The van der Waals surface area contributed by atoms with Crippen molar-refractivity contribution in [3.8, 4) is 0 Å². The van der Waals surface area contributed by atoms with E-state index >= 15 is 0 Å². The Labute approximate surface area is 89.4 Å². The molecule has 0 aliphatic carbocycles. The molecule has 6 heteroatoms. The van der Waals surface area contributed by atoms with Crippen LogP contribution in [0, 0.1) is 0 Å². The van der Waals surface area contributed by atoms with Crippen LogP contribution in [-0.2, 0) is 9.47 Å². The molecular weight excluding hydrogens is 196 g/mol. The molecule has 1 aliphatic heterocycles. The number of nitrogens with two attached hydrogens (primary N) is 1. The first-order valence-corrected chi connectivity index (χ1v) is 5.27. The second kappa shape index (κ2) is 5.92. The molecule has 0 aromatic carbocycles. The zero-order valence-electron chi connectivity index (χ0n) is 9.17. The Kier molecular flexibility index (Phi) is 4.84. The normalized spacial score (nSPS) is 35.9. The molecule has 0 bridgehead atoms. The summed E-state index contributed by atoms with van der Waals surface area (Å²) < 4.78 is 11.0. The van der Waals surface area contributed by atoms with Crippen molar-refractivity contribution in [2.45, 2.75) is 44.6 Å². The number of hydrogen-bond acceptors (Lipinski definition) is 4. The summed E-state index contributed by atoms with van der Waals surface area (Å²) in [4.78, 5) is 2.83. The molecule has 0 aromatic rings. The maximum absolute atomic E-state index is 8.51. The highest BCUT2D eigenvalue weighted by atomic mass is 16.5. The molecular formula is C9H18N4O2. The highest BCUT2D eigenvalue weighted by molar-refractivity contribution is 4.94. The van der Waals surface area contributed by atoms with Gasteiger partial charge >= 0.3 is 0 Å². The molecule has 2 unspecified atom stereocenters. The summed E-state index contributed by atoms with van der Waals surface area (Å²) in [6.07, 6.45) is 0.474. The Bertz CT molecular complexity index is 242. The number of azide groups is 1. The molecule has 1 heterocycles. The number of hydrogen-bond donors (Lipinski definition) is 1. The third kappa shape index (κ3) is 2.82. The molecule has 15 heavy (non-hydrogen) atoms. The number of rotatable bonds is 4. The van der Waals surface area contributed by atoms with Gasteiger partial charge in [0.05, 0.1) is 30.9 Å². The third-order valence-electron chi connectivity index (χ3n) is 2.59. The van der Waals surface area contributed by atoms with Gasteiger partial charge in [-0.1, -0.05) is 12.0 Å². The predicted molar refractivity (Wildman–Crippen MR) is 56.4 cm³/mol. The molecule has 0 saturated carbocycles. The van der Waals surface area contributed by atoms with Gasteiger partial charge in [0.2, 0.25) is 0 Å². The van der Waals surface area contributed by atoms with Crippen LogP contribution in [0.25, 0.3) is 10.4 Å². The van der Waals surface area contributed by atoms with E-state index < -0.39 is 0 Å². The molecule has 1 aliphatic rings. The van der Waals surface area contributed by atoms with Gasteiger partial charge in [-0.3, -0.25) is 0 Å². The van der Waals surface area contributed by atoms with Crippen molar-refractivity contribution in [1.82, 2.24) is 0 Å². The second-order valence-electron chi connectivity index (χ2n) is 3.56. The van der Waals surface area contributed by atoms with Crippen molar-refractivity contribution in [3.05, 3.63) is 10.4 Å². The van der Waals surface area contributed by atoms with Crippen LogP contribution >= 0.6 is 0 Å². The van der Waals surface area contributed by atoms with Gasteiger partial charge < -0.3 is 15.2 Å². The van der Waals surface area contributed by atoms with Crippen molar-refractivity contribution in [1.29, 1.82) is 0 Å². The van der Waals surface area contributed by atoms with Crippen molar-refractivity contribution in [2.24, 2.45) is 10.8 Å². The monoisotopic (exact) mass is 214 g/mol. The van der Waals surface area contributed by atoms with E-state index in [0.717, 1.165) is 6.42 Å². The Balaban J connectivity index is 2.79. The zero-order valence-corrected chi connectivity index (χ0v) is 9.17. The van der Waals surface area contributed by atoms with Gasteiger partial charge in [0.1, 0.15) is 0 Å². The molecule has 2 N–H and O–H groups in total. The van der Waals surface area contributed by atoms with Gasteiger partial charge in [0, 0.05) is 11.5 Å². The summed E-state index contributed by atoms with van der Waals surface area (Å²) in [5, 5.41) is 3.74. The quantitative estimate of drug-likeness (QED) is 0.433. The lowest BCUT2D eigenvalue weighted by Gasteiger charge is -2.38. The molecule has 1 fully saturated rings. The van der Waals surface area contributed by atoms with Crippen LogP contribution in [-0.4, -0.2) is 37.5 Å². The smallest absolute Gasteiger partial charge is 0.0914 e. The summed E-state index contributed by atoms with van der Waals surface area (Å²) >= 11 is 0. The molecule has 1 saturated heterocycles. The highest BCUT2D eigenvalue weighted by Crippen LogP contribution is 2.22. The predicted octanol–water partition coefficient (Wildman–Crippen LogP) is 1.21. The fourth-order valence-electron chi connectivity index (χ4n) is 1.87. The van der Waals surface area contributed by atoms with Crippen LogP contribution in [0.4, 0.5) is 0 Å². The first-order chi connectivity index (χ1) is 7.24. The van der Waals surface area contributed by atoms with E-state index in [1.807, 2.05) is 13.8 Å². The molecule has 6 nitrogen and oxygen atoms in total. The van der Waals surface area contributed by atoms with E-state index in [1.165, 1.54) is 0 Å². The van der Waals surface area contributed by atoms with E-state index in [0.29, 0.717) is 13.2 Å². The van der Waals surface area contributed by atoms with Crippen molar-refractivity contribution in [3.63, 3.8) is 0 Å². The van der Waals surface area contributed by atoms with E-state index in [-0.39, 0.29) is 24.3 Å². The van der Waals surface area contributed by atoms with Gasteiger partial charge in [0.15, 0.2) is 0 Å². The topological polar surface area (TPSA) is 93.2 Å². The maximum Gasteiger partial charge on any atom is 0.0914 e. The lowest BCUT2D eigenvalue weighted by Crippen LogP contribution is -2.56. The summed E-state index contributed by atoms with van der Waals surface area (Å²) in [5.41, 5.74) is 14.4. The van der Waals surface area contributed by atoms with Crippen LogP contribution in [0.15, 0.2) is 5.11 Å². The Morgan fingerprint density at radius 3 is 2.87 bits per heavy atom. The highest BCUT2D eigenvalue weighted by Gasteiger charge is 2.38. The Hall–Kier alpha value is -0.810. The lowest BCUT2D eigenvalue weighted by atomic mass is 9.95. The zero-order chi connectivity index (χ0) is 11.3. The van der Waals surface area contributed by atoms with Crippen molar-refractivity contribution >= 4 is 0 Å². The summed E-state index contributed by atoms with van der Waals surface area (Å²) in [6.45, 7) is 4.91. The van der Waals surface area contributed by atoms with E-state index in [2.05, 4.69) is 10.0 Å². The fourth-order valence-corrected chi connectivity index (χ4v) is 1.87. The average molecular weight is 214 g/mol. The van der Waals surface area contributed by atoms with Gasteiger partial charge in [-0.05, 0) is 18.9 Å². The van der Waals surface area contributed by atoms with Gasteiger partial charge in [-0.25, -0.2) is 0 Å². The SMILES string of the molecule is CCO[C@@H]1C(N)COC(CC)[C@@H]1N=[N+]=[N-]. The first kappa shape index (κ1) is 12.3. The molecule has 1 rings (SSSR count). The summed E-state index contributed by atoms with van der Waals surface area (Å²) in [5.74, 6) is 0. The van der Waals surface area contributed by atoms with E-state index in [9.17, 15) is 0 Å².